The van der Waals surface area contributed by atoms with Gasteiger partial charge in [-0.3, -0.25) is 9.59 Å². The Kier molecular flexibility index (Phi) is 6.74. The largest absolute Gasteiger partial charge is 0.351 e. The van der Waals surface area contributed by atoms with Crippen molar-refractivity contribution in [3.05, 3.63) is 71.3 Å². The van der Waals surface area contributed by atoms with E-state index in [1.165, 1.54) is 0 Å². The lowest BCUT2D eigenvalue weighted by Gasteiger charge is -2.25. The van der Waals surface area contributed by atoms with Crippen molar-refractivity contribution in [1.82, 2.24) is 10.6 Å². The summed E-state index contributed by atoms with van der Waals surface area (Å²) < 4.78 is 26.5. The molecule has 0 radical (unpaired) electrons. The Bertz CT molecular complexity index is 800. The average molecular weight is 386 g/mol. The van der Waals surface area contributed by atoms with Crippen molar-refractivity contribution >= 4 is 11.8 Å². The number of nitrogens with one attached hydrogen (secondary N) is 2. The van der Waals surface area contributed by atoms with Crippen molar-refractivity contribution in [2.24, 2.45) is 5.92 Å². The minimum Gasteiger partial charge on any atom is -0.351 e. The summed E-state index contributed by atoms with van der Waals surface area (Å²) in [6, 6.07) is 12.5. The van der Waals surface area contributed by atoms with E-state index >= 15 is 0 Å². The van der Waals surface area contributed by atoms with Gasteiger partial charge in [0.25, 0.3) is 5.91 Å². The molecule has 1 aliphatic rings. The van der Waals surface area contributed by atoms with Gasteiger partial charge in [-0.2, -0.15) is 0 Å². The van der Waals surface area contributed by atoms with E-state index in [1.54, 1.807) is 0 Å². The first-order valence-electron chi connectivity index (χ1n) is 9.59. The standard InChI is InChI=1S/C22H24F2N2O2/c23-18-11-17(12-19(24)13-18)22(28)25-14-21(27)26-20(16-8-4-5-9-16)10-15-6-2-1-3-7-15/h1-3,6-7,11-13,16,20H,4-5,8-10,14H2,(H,25,28)(H,26,27). The Morgan fingerprint density at radius 3 is 2.29 bits per heavy atom. The van der Waals surface area contributed by atoms with Crippen LogP contribution in [0.4, 0.5) is 8.78 Å². The fraction of sp³-hybridized carbons (Fsp3) is 0.364. The second kappa shape index (κ2) is 9.44. The van der Waals surface area contributed by atoms with E-state index in [4.69, 9.17) is 0 Å². The van der Waals surface area contributed by atoms with Gasteiger partial charge < -0.3 is 10.6 Å². The lowest BCUT2D eigenvalue weighted by molar-refractivity contribution is -0.121. The summed E-state index contributed by atoms with van der Waals surface area (Å²) in [5.74, 6) is -2.25. The number of hydrogen-bond acceptors (Lipinski definition) is 2. The molecule has 0 aliphatic heterocycles. The molecule has 0 saturated heterocycles. The van der Waals surface area contributed by atoms with Gasteiger partial charge in [-0.15, -0.1) is 0 Å². The zero-order valence-electron chi connectivity index (χ0n) is 15.6. The molecule has 2 N–H and O–H groups in total. The van der Waals surface area contributed by atoms with E-state index in [-0.39, 0.29) is 24.1 Å². The van der Waals surface area contributed by atoms with Crippen LogP contribution in [0.3, 0.4) is 0 Å². The van der Waals surface area contributed by atoms with Crippen LogP contribution in [-0.2, 0) is 11.2 Å². The lowest BCUT2D eigenvalue weighted by Crippen LogP contribution is -2.45. The Labute approximate surface area is 163 Å². The van der Waals surface area contributed by atoms with E-state index in [1.807, 2.05) is 30.3 Å². The van der Waals surface area contributed by atoms with Crippen molar-refractivity contribution in [1.29, 1.82) is 0 Å². The summed E-state index contributed by atoms with van der Waals surface area (Å²) in [6.07, 6.45) is 5.21. The molecule has 0 heterocycles. The highest BCUT2D eigenvalue weighted by Gasteiger charge is 2.26. The van der Waals surface area contributed by atoms with Crippen LogP contribution in [-0.4, -0.2) is 24.4 Å². The monoisotopic (exact) mass is 386 g/mol. The summed E-state index contributed by atoms with van der Waals surface area (Å²) in [7, 11) is 0. The number of rotatable bonds is 7. The van der Waals surface area contributed by atoms with E-state index in [0.29, 0.717) is 12.0 Å². The summed E-state index contributed by atoms with van der Waals surface area (Å²) in [6.45, 7) is -0.241. The maximum Gasteiger partial charge on any atom is 0.251 e. The number of amides is 2. The van der Waals surface area contributed by atoms with E-state index in [0.717, 1.165) is 49.8 Å². The van der Waals surface area contributed by atoms with Gasteiger partial charge in [0.1, 0.15) is 11.6 Å². The smallest absolute Gasteiger partial charge is 0.251 e. The lowest BCUT2D eigenvalue weighted by atomic mass is 9.92. The first kappa shape index (κ1) is 20.0. The molecule has 2 amide bonds. The van der Waals surface area contributed by atoms with E-state index < -0.39 is 17.5 Å². The third-order valence-corrected chi connectivity index (χ3v) is 5.15. The van der Waals surface area contributed by atoms with Gasteiger partial charge in [-0.25, -0.2) is 8.78 Å². The number of hydrogen-bond donors (Lipinski definition) is 2. The van der Waals surface area contributed by atoms with Crippen molar-refractivity contribution < 1.29 is 18.4 Å². The molecule has 2 aromatic rings. The minimum atomic E-state index is -0.834. The molecule has 1 fully saturated rings. The number of carbonyl (C=O) groups is 2. The predicted molar refractivity (Wildman–Crippen MR) is 103 cm³/mol. The molecule has 2 aromatic carbocycles. The number of carbonyl (C=O) groups excluding carboxylic acids is 2. The molecule has 1 unspecified atom stereocenters. The number of halogens is 2. The SMILES string of the molecule is O=C(CNC(=O)c1cc(F)cc(F)c1)NC(Cc1ccccc1)C1CCCC1. The quantitative estimate of drug-likeness (QED) is 0.764. The van der Waals surface area contributed by atoms with Crippen LogP contribution in [0.15, 0.2) is 48.5 Å². The van der Waals surface area contributed by atoms with Gasteiger partial charge in [-0.1, -0.05) is 43.2 Å². The maximum absolute atomic E-state index is 13.2. The minimum absolute atomic E-state index is 0.000848. The Morgan fingerprint density at radius 2 is 1.64 bits per heavy atom. The third-order valence-electron chi connectivity index (χ3n) is 5.15. The fourth-order valence-corrected chi connectivity index (χ4v) is 3.77. The van der Waals surface area contributed by atoms with Crippen LogP contribution >= 0.6 is 0 Å². The summed E-state index contributed by atoms with van der Waals surface area (Å²) in [4.78, 5) is 24.5. The second-order valence-electron chi connectivity index (χ2n) is 7.25. The van der Waals surface area contributed by atoms with E-state index in [9.17, 15) is 18.4 Å². The van der Waals surface area contributed by atoms with Gasteiger partial charge in [0.15, 0.2) is 0 Å². The Morgan fingerprint density at radius 1 is 1.00 bits per heavy atom. The van der Waals surface area contributed by atoms with Crippen LogP contribution in [0.25, 0.3) is 0 Å². The average Bonchev–Trinajstić information content (AvgIpc) is 3.20. The van der Waals surface area contributed by atoms with Crippen LogP contribution in [0.5, 0.6) is 0 Å². The predicted octanol–water partition coefficient (Wildman–Crippen LogP) is 3.61. The molecule has 6 heteroatoms. The van der Waals surface area contributed by atoms with Crippen molar-refractivity contribution in [2.75, 3.05) is 6.54 Å². The normalized spacial score (nSPS) is 15.2. The molecule has 0 spiro atoms. The summed E-state index contributed by atoms with van der Waals surface area (Å²) >= 11 is 0. The molecule has 28 heavy (non-hydrogen) atoms. The van der Waals surface area contributed by atoms with E-state index in [2.05, 4.69) is 10.6 Å². The first-order chi connectivity index (χ1) is 13.5. The molecule has 1 aliphatic carbocycles. The molecule has 148 valence electrons. The van der Waals surface area contributed by atoms with Crippen molar-refractivity contribution in [3.8, 4) is 0 Å². The van der Waals surface area contributed by atoms with Crippen LogP contribution < -0.4 is 10.6 Å². The van der Waals surface area contributed by atoms with Gasteiger partial charge in [0, 0.05) is 17.7 Å². The fourth-order valence-electron chi connectivity index (χ4n) is 3.77. The highest BCUT2D eigenvalue weighted by molar-refractivity contribution is 5.96. The van der Waals surface area contributed by atoms with Crippen LogP contribution in [0, 0.1) is 17.6 Å². The van der Waals surface area contributed by atoms with Crippen LogP contribution in [0.1, 0.15) is 41.6 Å². The zero-order chi connectivity index (χ0) is 19.9. The first-order valence-corrected chi connectivity index (χ1v) is 9.59. The van der Waals surface area contributed by atoms with Crippen LogP contribution in [0.2, 0.25) is 0 Å². The molecule has 4 nitrogen and oxygen atoms in total. The molecule has 3 rings (SSSR count). The third kappa shape index (κ3) is 5.62. The van der Waals surface area contributed by atoms with Gasteiger partial charge >= 0.3 is 0 Å². The van der Waals surface area contributed by atoms with Crippen molar-refractivity contribution in [2.45, 2.75) is 38.1 Å². The second-order valence-corrected chi connectivity index (χ2v) is 7.25. The summed E-state index contributed by atoms with van der Waals surface area (Å²) in [5.41, 5.74) is 1.00. The highest BCUT2D eigenvalue weighted by Crippen LogP contribution is 2.29. The molecule has 0 bridgehead atoms. The molecule has 1 saturated carbocycles. The molecular formula is C22H24F2N2O2. The molecular weight excluding hydrogens is 362 g/mol. The topological polar surface area (TPSA) is 58.2 Å². The van der Waals surface area contributed by atoms with Crippen molar-refractivity contribution in [3.63, 3.8) is 0 Å². The molecule has 1 atom stereocenters. The zero-order valence-corrected chi connectivity index (χ0v) is 15.6. The maximum atomic E-state index is 13.2. The van der Waals surface area contributed by atoms with Gasteiger partial charge in [0.05, 0.1) is 6.54 Å². The number of benzene rings is 2. The Balaban J connectivity index is 1.57. The van der Waals surface area contributed by atoms with Gasteiger partial charge in [0.2, 0.25) is 5.91 Å². The van der Waals surface area contributed by atoms with Gasteiger partial charge in [-0.05, 0) is 42.9 Å². The molecule has 0 aromatic heterocycles. The highest BCUT2D eigenvalue weighted by atomic mass is 19.1. The summed E-state index contributed by atoms with van der Waals surface area (Å²) in [5, 5.41) is 5.46. The Hall–Kier alpha value is -2.76.